The first-order valence-corrected chi connectivity index (χ1v) is 6.39. The summed E-state index contributed by atoms with van der Waals surface area (Å²) < 4.78 is 25.0. The van der Waals surface area contributed by atoms with Crippen LogP contribution in [0, 0.1) is 0 Å². The zero-order chi connectivity index (χ0) is 10.2. The third kappa shape index (κ3) is 8.21. The van der Waals surface area contributed by atoms with Crippen molar-refractivity contribution < 1.29 is 8.42 Å². The van der Waals surface area contributed by atoms with E-state index in [4.69, 9.17) is 0 Å². The van der Waals surface area contributed by atoms with Crippen LogP contribution in [0.2, 0.25) is 0 Å². The molecule has 0 saturated carbocycles. The molecule has 80 valence electrons. The van der Waals surface area contributed by atoms with Crippen LogP contribution < -0.4 is 10.0 Å². The van der Waals surface area contributed by atoms with Gasteiger partial charge in [0.15, 0.2) is 0 Å². The van der Waals surface area contributed by atoms with Crippen LogP contribution in [0.1, 0.15) is 26.2 Å². The predicted octanol–water partition coefficient (Wildman–Crippen LogP) is 0.315. The molecule has 0 aliphatic carbocycles. The van der Waals surface area contributed by atoms with Gasteiger partial charge >= 0.3 is 0 Å². The monoisotopic (exact) mass is 208 g/mol. The van der Waals surface area contributed by atoms with Gasteiger partial charge in [-0.15, -0.1) is 0 Å². The van der Waals surface area contributed by atoms with Gasteiger partial charge in [0, 0.05) is 6.54 Å². The van der Waals surface area contributed by atoms with Crippen molar-refractivity contribution in [3.63, 3.8) is 0 Å². The molecule has 0 saturated heterocycles. The van der Waals surface area contributed by atoms with E-state index in [2.05, 4.69) is 10.0 Å². The molecule has 0 aromatic rings. The summed E-state index contributed by atoms with van der Waals surface area (Å²) in [6.07, 6.45) is 2.49. The van der Waals surface area contributed by atoms with Crippen LogP contribution in [0.5, 0.6) is 0 Å². The van der Waals surface area contributed by atoms with Crippen molar-refractivity contribution in [2.24, 2.45) is 0 Å². The van der Waals surface area contributed by atoms with Crippen LogP contribution in [-0.4, -0.2) is 34.3 Å². The topological polar surface area (TPSA) is 58.2 Å². The second-order valence-corrected chi connectivity index (χ2v) is 4.95. The lowest BCUT2D eigenvalue weighted by atomic mass is 10.4. The van der Waals surface area contributed by atoms with Gasteiger partial charge < -0.3 is 5.32 Å². The Balaban J connectivity index is 3.52. The minimum atomic E-state index is -3.00. The molecular formula is C8H20N2O2S. The highest BCUT2D eigenvalue weighted by Crippen LogP contribution is 1.93. The van der Waals surface area contributed by atoms with Gasteiger partial charge in [0.25, 0.3) is 0 Å². The van der Waals surface area contributed by atoms with E-state index in [9.17, 15) is 8.42 Å². The average molecular weight is 208 g/mol. The molecule has 13 heavy (non-hydrogen) atoms. The molecule has 0 radical (unpaired) electrons. The van der Waals surface area contributed by atoms with Crippen molar-refractivity contribution >= 4 is 10.0 Å². The zero-order valence-corrected chi connectivity index (χ0v) is 9.28. The molecule has 0 aliphatic heterocycles. The van der Waals surface area contributed by atoms with Crippen molar-refractivity contribution in [1.82, 2.24) is 10.0 Å². The number of rotatable bonds is 8. The maximum Gasteiger partial charge on any atom is 0.211 e. The molecule has 0 rings (SSSR count). The number of unbranched alkanes of at least 4 members (excludes halogenated alkanes) is 1. The Hall–Kier alpha value is -0.130. The Bertz CT molecular complexity index is 202. The number of hydrogen-bond donors (Lipinski definition) is 2. The summed E-state index contributed by atoms with van der Waals surface area (Å²) in [5.74, 6) is 0.253. The van der Waals surface area contributed by atoms with Gasteiger partial charge in [-0.1, -0.05) is 13.3 Å². The molecule has 0 unspecified atom stereocenters. The molecule has 0 bridgehead atoms. The van der Waals surface area contributed by atoms with E-state index in [-0.39, 0.29) is 5.75 Å². The van der Waals surface area contributed by atoms with E-state index in [1.54, 1.807) is 0 Å². The molecule has 0 amide bonds. The molecule has 4 nitrogen and oxygen atoms in total. The summed E-state index contributed by atoms with van der Waals surface area (Å²) in [5.41, 5.74) is 0. The highest BCUT2D eigenvalue weighted by atomic mass is 32.2. The minimum Gasteiger partial charge on any atom is -0.320 e. The van der Waals surface area contributed by atoms with Crippen LogP contribution in [0.15, 0.2) is 0 Å². The van der Waals surface area contributed by atoms with Gasteiger partial charge in [0.1, 0.15) is 0 Å². The van der Waals surface area contributed by atoms with Gasteiger partial charge in [0.05, 0.1) is 5.75 Å². The van der Waals surface area contributed by atoms with E-state index < -0.39 is 10.0 Å². The smallest absolute Gasteiger partial charge is 0.211 e. The average Bonchev–Trinajstić information content (AvgIpc) is 2.09. The molecule has 0 aromatic heterocycles. The molecular weight excluding hydrogens is 188 g/mol. The van der Waals surface area contributed by atoms with E-state index in [1.165, 1.54) is 0 Å². The highest BCUT2D eigenvalue weighted by molar-refractivity contribution is 7.89. The van der Waals surface area contributed by atoms with Crippen molar-refractivity contribution in [2.75, 3.05) is 25.9 Å². The molecule has 0 atom stereocenters. The highest BCUT2D eigenvalue weighted by Gasteiger charge is 2.07. The molecule has 0 aliphatic rings. The van der Waals surface area contributed by atoms with Crippen LogP contribution in [0.25, 0.3) is 0 Å². The molecule has 2 N–H and O–H groups in total. The maximum absolute atomic E-state index is 11.2. The third-order valence-electron chi connectivity index (χ3n) is 1.69. The Morgan fingerprint density at radius 2 is 1.85 bits per heavy atom. The number of sulfonamides is 1. The number of nitrogens with one attached hydrogen (secondary N) is 2. The summed E-state index contributed by atoms with van der Waals surface area (Å²) in [4.78, 5) is 0. The van der Waals surface area contributed by atoms with Crippen molar-refractivity contribution in [2.45, 2.75) is 26.2 Å². The van der Waals surface area contributed by atoms with Crippen molar-refractivity contribution in [1.29, 1.82) is 0 Å². The Labute approximate surface area is 81.2 Å². The van der Waals surface area contributed by atoms with E-state index in [1.807, 2.05) is 14.0 Å². The summed E-state index contributed by atoms with van der Waals surface area (Å²) >= 11 is 0. The Morgan fingerprint density at radius 3 is 2.38 bits per heavy atom. The minimum absolute atomic E-state index is 0.253. The maximum atomic E-state index is 11.2. The summed E-state index contributed by atoms with van der Waals surface area (Å²) in [7, 11) is -1.15. The van der Waals surface area contributed by atoms with Gasteiger partial charge in [-0.25, -0.2) is 13.1 Å². The largest absolute Gasteiger partial charge is 0.320 e. The van der Waals surface area contributed by atoms with Crippen LogP contribution in [0.3, 0.4) is 0 Å². The first-order chi connectivity index (χ1) is 6.12. The quantitative estimate of drug-likeness (QED) is 0.565. The summed E-state index contributed by atoms with van der Waals surface area (Å²) in [5, 5.41) is 2.96. The van der Waals surface area contributed by atoms with E-state index in [0.717, 1.165) is 25.8 Å². The second-order valence-electron chi connectivity index (χ2n) is 3.02. The van der Waals surface area contributed by atoms with Gasteiger partial charge in [-0.2, -0.15) is 0 Å². The first-order valence-electron chi connectivity index (χ1n) is 4.74. The summed E-state index contributed by atoms with van der Waals surface area (Å²) in [6.45, 7) is 3.36. The van der Waals surface area contributed by atoms with Gasteiger partial charge in [0.2, 0.25) is 10.0 Å². The van der Waals surface area contributed by atoms with Crippen molar-refractivity contribution in [3.8, 4) is 0 Å². The summed E-state index contributed by atoms with van der Waals surface area (Å²) in [6, 6.07) is 0. The third-order valence-corrected chi connectivity index (χ3v) is 3.16. The SMILES string of the molecule is CCCCS(=O)(=O)NCCCNC. The van der Waals surface area contributed by atoms with Crippen LogP contribution >= 0.6 is 0 Å². The van der Waals surface area contributed by atoms with Crippen LogP contribution in [-0.2, 0) is 10.0 Å². The lowest BCUT2D eigenvalue weighted by Crippen LogP contribution is -2.28. The van der Waals surface area contributed by atoms with E-state index in [0.29, 0.717) is 6.54 Å². The Kier molecular flexibility index (Phi) is 7.22. The second kappa shape index (κ2) is 7.29. The predicted molar refractivity (Wildman–Crippen MR) is 55.2 cm³/mol. The Morgan fingerprint density at radius 1 is 1.15 bits per heavy atom. The first kappa shape index (κ1) is 12.9. The standard InChI is InChI=1S/C8H20N2O2S/c1-3-4-8-13(11,12)10-7-5-6-9-2/h9-10H,3-8H2,1-2H3. The van der Waals surface area contributed by atoms with Crippen LogP contribution in [0.4, 0.5) is 0 Å². The zero-order valence-electron chi connectivity index (χ0n) is 8.47. The molecule has 0 spiro atoms. The normalized spacial score (nSPS) is 11.8. The van der Waals surface area contributed by atoms with Gasteiger partial charge in [-0.05, 0) is 26.4 Å². The fraction of sp³-hybridized carbons (Fsp3) is 1.00. The molecule has 5 heteroatoms. The number of hydrogen-bond acceptors (Lipinski definition) is 3. The lowest BCUT2D eigenvalue weighted by molar-refractivity contribution is 0.574. The van der Waals surface area contributed by atoms with E-state index >= 15 is 0 Å². The van der Waals surface area contributed by atoms with Gasteiger partial charge in [-0.3, -0.25) is 0 Å². The van der Waals surface area contributed by atoms with Crippen molar-refractivity contribution in [3.05, 3.63) is 0 Å². The molecule has 0 heterocycles. The molecule has 0 fully saturated rings. The fourth-order valence-electron chi connectivity index (χ4n) is 0.899. The molecule has 0 aromatic carbocycles. The fourth-order valence-corrected chi connectivity index (χ4v) is 2.17. The lowest BCUT2D eigenvalue weighted by Gasteiger charge is -2.05.